The minimum absolute atomic E-state index is 0.0376. The molecule has 188 valence electrons. The molecule has 6 heteroatoms. The predicted molar refractivity (Wildman–Crippen MR) is 135 cm³/mol. The van der Waals surface area contributed by atoms with E-state index < -0.39 is 11.9 Å². The number of hydrogen-bond acceptors (Lipinski definition) is 3. The average Bonchev–Trinajstić information content (AvgIpc) is 3.47. The van der Waals surface area contributed by atoms with Gasteiger partial charge in [0.2, 0.25) is 0 Å². The van der Waals surface area contributed by atoms with E-state index in [2.05, 4.69) is 29.4 Å². The maximum absolute atomic E-state index is 13.9. The molecule has 36 heavy (non-hydrogen) atoms. The molecule has 4 aliphatic rings. The van der Waals surface area contributed by atoms with Crippen LogP contribution < -0.4 is 5.32 Å². The van der Waals surface area contributed by atoms with Crippen molar-refractivity contribution in [3.63, 3.8) is 0 Å². The van der Waals surface area contributed by atoms with Gasteiger partial charge in [-0.25, -0.2) is 4.39 Å². The molecular formula is C30H33FN2O3. The van der Waals surface area contributed by atoms with Gasteiger partial charge in [-0.3, -0.25) is 14.6 Å². The lowest BCUT2D eigenvalue weighted by Crippen LogP contribution is -2.41. The summed E-state index contributed by atoms with van der Waals surface area (Å²) in [5, 5.41) is 12.4. The number of aryl methyl sites for hydroxylation is 1. The third kappa shape index (κ3) is 3.77. The fourth-order valence-electron chi connectivity index (χ4n) is 7.98. The van der Waals surface area contributed by atoms with Crippen LogP contribution in [0.15, 0.2) is 42.7 Å². The van der Waals surface area contributed by atoms with Crippen molar-refractivity contribution in [2.24, 2.45) is 23.2 Å². The van der Waals surface area contributed by atoms with Gasteiger partial charge in [0.25, 0.3) is 5.91 Å². The molecule has 2 saturated carbocycles. The van der Waals surface area contributed by atoms with Crippen LogP contribution in [0.4, 0.5) is 4.39 Å². The molecule has 2 unspecified atom stereocenters. The summed E-state index contributed by atoms with van der Waals surface area (Å²) in [6, 6.07) is 7.43. The van der Waals surface area contributed by atoms with Gasteiger partial charge in [0.15, 0.2) is 0 Å². The molecule has 2 N–H and O–H groups in total. The van der Waals surface area contributed by atoms with Gasteiger partial charge in [0.1, 0.15) is 5.82 Å². The van der Waals surface area contributed by atoms with Crippen molar-refractivity contribution >= 4 is 17.4 Å². The highest BCUT2D eigenvalue weighted by atomic mass is 19.1. The number of carboxylic acids is 1. The van der Waals surface area contributed by atoms with Gasteiger partial charge < -0.3 is 10.4 Å². The number of amides is 1. The van der Waals surface area contributed by atoms with E-state index in [1.54, 1.807) is 12.3 Å². The molecule has 0 aliphatic heterocycles. The van der Waals surface area contributed by atoms with Crippen LogP contribution in [0.25, 0.3) is 5.57 Å². The monoisotopic (exact) mass is 488 g/mol. The zero-order valence-corrected chi connectivity index (χ0v) is 20.7. The van der Waals surface area contributed by atoms with Crippen LogP contribution in [0, 0.1) is 29.0 Å². The first-order chi connectivity index (χ1) is 17.3. The Kier molecular flexibility index (Phi) is 5.73. The Morgan fingerprint density at radius 3 is 2.81 bits per heavy atom. The summed E-state index contributed by atoms with van der Waals surface area (Å²) < 4.78 is 13.9. The smallest absolute Gasteiger partial charge is 0.308 e. The number of benzene rings is 1. The van der Waals surface area contributed by atoms with E-state index in [4.69, 9.17) is 0 Å². The van der Waals surface area contributed by atoms with Crippen molar-refractivity contribution < 1.29 is 19.1 Å². The number of aliphatic carboxylic acids is 1. The summed E-state index contributed by atoms with van der Waals surface area (Å²) in [4.78, 5) is 28.6. The van der Waals surface area contributed by atoms with Gasteiger partial charge in [-0.05, 0) is 109 Å². The largest absolute Gasteiger partial charge is 0.481 e. The molecule has 1 aromatic heterocycles. The number of rotatable bonds is 4. The number of fused-ring (bicyclic) bond motifs is 5. The fourth-order valence-corrected chi connectivity index (χ4v) is 7.98. The Morgan fingerprint density at radius 2 is 2.00 bits per heavy atom. The lowest BCUT2D eigenvalue weighted by Gasteiger charge is -2.50. The van der Waals surface area contributed by atoms with E-state index in [1.165, 1.54) is 22.9 Å². The second kappa shape index (κ2) is 8.82. The summed E-state index contributed by atoms with van der Waals surface area (Å²) in [6.07, 6.45) is 12.8. The van der Waals surface area contributed by atoms with Crippen molar-refractivity contribution in [1.82, 2.24) is 10.3 Å². The molecule has 4 aliphatic carbocycles. The van der Waals surface area contributed by atoms with E-state index in [9.17, 15) is 19.1 Å². The first kappa shape index (κ1) is 23.4. The highest BCUT2D eigenvalue weighted by molar-refractivity contribution is 5.95. The van der Waals surface area contributed by atoms with Crippen molar-refractivity contribution in [2.45, 2.75) is 70.3 Å². The molecule has 2 fully saturated rings. The summed E-state index contributed by atoms with van der Waals surface area (Å²) in [5.41, 5.74) is 5.47. The van der Waals surface area contributed by atoms with Crippen molar-refractivity contribution in [1.29, 1.82) is 0 Å². The molecule has 5 nitrogen and oxygen atoms in total. The van der Waals surface area contributed by atoms with Crippen molar-refractivity contribution in [3.05, 3.63) is 70.8 Å². The van der Waals surface area contributed by atoms with E-state index >= 15 is 0 Å². The Balaban J connectivity index is 1.20. The van der Waals surface area contributed by atoms with Crippen LogP contribution in [0.1, 0.15) is 84.8 Å². The zero-order valence-electron chi connectivity index (χ0n) is 20.7. The topological polar surface area (TPSA) is 79.3 Å². The molecule has 6 rings (SSSR count). The number of aromatic nitrogens is 1. The van der Waals surface area contributed by atoms with Gasteiger partial charge >= 0.3 is 5.97 Å². The number of halogens is 1. The standard InChI is InChI=1S/C30H33FN2O3/c1-30-12-11-22-21-7-6-18(28(34)33-27-4-2-3-24(27)29(35)36)13-17(21)5-8-23(22)26(30)10-9-25(30)19-14-20(31)16-32-15-19/h6-7,9,13-16,22-24,26-27H,2-5,8,10-12H2,1H3,(H,33,34)(H,35,36)/t22-,23-,24?,26+,27?,30-/m1/s1. The number of nitrogens with zero attached hydrogens (tertiary/aromatic N) is 1. The number of carboxylic acid groups (broad SMARTS) is 1. The minimum Gasteiger partial charge on any atom is -0.481 e. The molecule has 0 saturated heterocycles. The zero-order chi connectivity index (χ0) is 25.0. The van der Waals surface area contributed by atoms with E-state index in [0.29, 0.717) is 29.7 Å². The summed E-state index contributed by atoms with van der Waals surface area (Å²) in [5.74, 6) is -0.182. The van der Waals surface area contributed by atoms with Crippen LogP contribution in [-0.2, 0) is 11.2 Å². The summed E-state index contributed by atoms with van der Waals surface area (Å²) >= 11 is 0. The number of carbonyl (C=O) groups is 2. The van der Waals surface area contributed by atoms with Gasteiger partial charge in [-0.15, -0.1) is 0 Å². The van der Waals surface area contributed by atoms with Crippen LogP contribution in [0.2, 0.25) is 0 Å². The number of allylic oxidation sites excluding steroid dienone is 2. The maximum Gasteiger partial charge on any atom is 0.308 e. The van der Waals surface area contributed by atoms with Crippen LogP contribution in [0.3, 0.4) is 0 Å². The van der Waals surface area contributed by atoms with Crippen LogP contribution in [0.5, 0.6) is 0 Å². The number of hydrogen-bond donors (Lipinski definition) is 2. The molecule has 0 radical (unpaired) electrons. The molecule has 1 aromatic carbocycles. The highest BCUT2D eigenvalue weighted by Crippen LogP contribution is 2.63. The fraction of sp³-hybridized carbons (Fsp3) is 0.500. The maximum atomic E-state index is 13.9. The summed E-state index contributed by atoms with van der Waals surface area (Å²) in [6.45, 7) is 2.36. The van der Waals surface area contributed by atoms with Gasteiger partial charge in [0.05, 0.1) is 12.1 Å². The molecule has 6 atom stereocenters. The second-order valence-corrected chi connectivity index (χ2v) is 11.5. The normalized spacial score (nSPS) is 32.7. The van der Waals surface area contributed by atoms with Crippen LogP contribution >= 0.6 is 0 Å². The third-order valence-corrected chi connectivity index (χ3v) is 9.74. The van der Waals surface area contributed by atoms with Gasteiger partial charge in [-0.2, -0.15) is 0 Å². The molecule has 2 aromatic rings. The molecule has 0 spiro atoms. The number of nitrogens with one attached hydrogen (secondary N) is 1. The molecule has 1 heterocycles. The van der Waals surface area contributed by atoms with Crippen molar-refractivity contribution in [2.75, 3.05) is 0 Å². The third-order valence-electron chi connectivity index (χ3n) is 9.74. The van der Waals surface area contributed by atoms with E-state index in [1.807, 2.05) is 12.1 Å². The minimum atomic E-state index is -0.822. The molecule has 0 bridgehead atoms. The SMILES string of the molecule is C[C@]12CC[C@@H]3c4ccc(C(=O)NC5CCCC5C(=O)O)cc4CC[C@H]3[C@@H]1CC=C2c1cncc(F)c1. The van der Waals surface area contributed by atoms with Crippen LogP contribution in [-0.4, -0.2) is 28.0 Å². The first-order valence-electron chi connectivity index (χ1n) is 13.3. The average molecular weight is 489 g/mol. The molecular weight excluding hydrogens is 455 g/mol. The Bertz CT molecular complexity index is 1260. The second-order valence-electron chi connectivity index (χ2n) is 11.5. The Hall–Kier alpha value is -3.02. The molecule has 1 amide bonds. The van der Waals surface area contributed by atoms with Gasteiger partial charge in [0, 0.05) is 17.8 Å². The summed E-state index contributed by atoms with van der Waals surface area (Å²) in [7, 11) is 0. The lowest BCUT2D eigenvalue weighted by molar-refractivity contribution is -0.142. The van der Waals surface area contributed by atoms with Gasteiger partial charge in [-0.1, -0.05) is 25.5 Å². The Labute approximate surface area is 211 Å². The lowest BCUT2D eigenvalue weighted by atomic mass is 9.54. The first-order valence-corrected chi connectivity index (χ1v) is 13.3. The Morgan fingerprint density at radius 1 is 1.14 bits per heavy atom. The quantitative estimate of drug-likeness (QED) is 0.574. The highest BCUT2D eigenvalue weighted by Gasteiger charge is 2.52. The van der Waals surface area contributed by atoms with E-state index in [-0.39, 0.29) is 23.2 Å². The van der Waals surface area contributed by atoms with Crippen molar-refractivity contribution in [3.8, 4) is 0 Å². The predicted octanol–water partition coefficient (Wildman–Crippen LogP) is 5.75. The number of carbonyl (C=O) groups excluding carboxylic acids is 1. The number of pyridine rings is 1. The van der Waals surface area contributed by atoms with E-state index in [0.717, 1.165) is 50.5 Å².